The highest BCUT2D eigenvalue weighted by atomic mass is 32.1. The molecule has 2 aromatic heterocycles. The zero-order valence-corrected chi connectivity index (χ0v) is 18.3. The number of rotatable bonds is 5. The van der Waals surface area contributed by atoms with E-state index in [-0.39, 0.29) is 37.5 Å². The fourth-order valence-electron chi connectivity index (χ4n) is 3.84. The van der Waals surface area contributed by atoms with Crippen molar-refractivity contribution in [3.8, 4) is 11.3 Å². The normalized spacial score (nSPS) is 16.2. The minimum atomic E-state index is -1.82. The van der Waals surface area contributed by atoms with Crippen molar-refractivity contribution in [1.29, 1.82) is 0 Å². The molecule has 0 saturated heterocycles. The lowest BCUT2D eigenvalue weighted by atomic mass is 10.0. The number of pyridine rings is 1. The molecule has 1 fully saturated rings. The summed E-state index contributed by atoms with van der Waals surface area (Å²) in [6.07, 6.45) is 1.91. The zero-order valence-electron chi connectivity index (χ0n) is 17.4. The number of fused-ring (bicyclic) bond motifs is 1. The molecule has 3 heterocycles. The third-order valence-electron chi connectivity index (χ3n) is 5.74. The Balaban J connectivity index is 1.56. The Morgan fingerprint density at radius 1 is 1.15 bits per heavy atom. The van der Waals surface area contributed by atoms with Crippen LogP contribution < -0.4 is 10.6 Å². The van der Waals surface area contributed by atoms with Gasteiger partial charge in [0.15, 0.2) is 11.5 Å². The van der Waals surface area contributed by atoms with E-state index in [0.29, 0.717) is 28.2 Å². The van der Waals surface area contributed by atoms with Gasteiger partial charge in [-0.25, -0.2) is 9.37 Å². The number of thiol groups is 1. The second kappa shape index (κ2) is 8.04. The summed E-state index contributed by atoms with van der Waals surface area (Å²) in [5.74, 6) is -0.730. The van der Waals surface area contributed by atoms with Gasteiger partial charge >= 0.3 is 0 Å². The van der Waals surface area contributed by atoms with E-state index < -0.39 is 16.8 Å². The first kappa shape index (κ1) is 21.2. The number of nitrogens with zero attached hydrogens (tertiary/aromatic N) is 2. The Labute approximate surface area is 194 Å². The first-order valence-electron chi connectivity index (χ1n) is 10.4. The lowest BCUT2D eigenvalue weighted by Crippen LogP contribution is -2.36. The second-order valence-electron chi connectivity index (χ2n) is 8.13. The topological polar surface area (TPSA) is 107 Å². The number of hydrogen-bond acceptors (Lipinski definition) is 5. The molecule has 0 radical (unpaired) electrons. The molecule has 3 N–H and O–H groups in total. The lowest BCUT2D eigenvalue weighted by molar-refractivity contribution is -0.122. The summed E-state index contributed by atoms with van der Waals surface area (Å²) in [5.41, 5.74) is 1.77. The van der Waals surface area contributed by atoms with Crippen LogP contribution in [0.3, 0.4) is 0 Å². The number of aromatic amines is 1. The van der Waals surface area contributed by atoms with E-state index in [1.54, 1.807) is 12.1 Å². The van der Waals surface area contributed by atoms with Crippen LogP contribution in [0.15, 0.2) is 48.7 Å². The van der Waals surface area contributed by atoms with Gasteiger partial charge in [-0.05, 0) is 37.1 Å². The second-order valence-corrected chi connectivity index (χ2v) is 8.51. The van der Waals surface area contributed by atoms with Gasteiger partial charge in [-0.15, -0.1) is 0 Å². The van der Waals surface area contributed by atoms with Crippen LogP contribution in [0.4, 0.5) is 26.4 Å². The summed E-state index contributed by atoms with van der Waals surface area (Å²) in [6.45, 7) is 0.123. The fourth-order valence-corrected chi connectivity index (χ4v) is 3.98. The molecule has 0 atom stereocenters. The van der Waals surface area contributed by atoms with E-state index in [2.05, 4.69) is 33.2 Å². The minimum absolute atomic E-state index is 0.0771. The first-order chi connectivity index (χ1) is 15.8. The van der Waals surface area contributed by atoms with Gasteiger partial charge in [-0.1, -0.05) is 30.8 Å². The molecule has 1 saturated carbocycles. The number of alkyl halides is 1. The molecule has 2 amide bonds. The molecule has 0 bridgehead atoms. The van der Waals surface area contributed by atoms with Gasteiger partial charge in [0, 0.05) is 23.1 Å². The minimum Gasteiger partial charge on any atom is -0.355 e. The highest BCUT2D eigenvalue weighted by Crippen LogP contribution is 2.41. The Hall–Kier alpha value is -3.66. The molecule has 1 aliphatic carbocycles. The van der Waals surface area contributed by atoms with E-state index >= 15 is 0 Å². The largest absolute Gasteiger partial charge is 0.355 e. The number of para-hydroxylation sites is 1. The SMILES string of the molecule is O=C1CN(C(=O)S)Cc2[nH]c(-c3ccnc(NC(=O)C4(F)CC4)c3)c(Nc3ccccc3)c21. The number of carbonyl (C=O) groups is 3. The molecule has 2 aliphatic rings. The third kappa shape index (κ3) is 4.09. The van der Waals surface area contributed by atoms with Crippen molar-refractivity contribution in [1.82, 2.24) is 14.9 Å². The third-order valence-corrected chi connectivity index (χ3v) is 6.02. The Kier molecular flexibility index (Phi) is 5.16. The predicted molar refractivity (Wildman–Crippen MR) is 125 cm³/mol. The number of carbonyl (C=O) groups excluding carboxylic acids is 3. The van der Waals surface area contributed by atoms with Crippen molar-refractivity contribution >= 4 is 46.8 Å². The number of Topliss-reactive ketones (excluding diaryl/α,β-unsaturated/α-hetero) is 1. The fraction of sp³-hybridized carbons (Fsp3) is 0.217. The summed E-state index contributed by atoms with van der Waals surface area (Å²) >= 11 is 3.86. The maximum Gasteiger partial charge on any atom is 0.279 e. The molecule has 33 heavy (non-hydrogen) atoms. The highest BCUT2D eigenvalue weighted by molar-refractivity contribution is 7.96. The van der Waals surface area contributed by atoms with Crippen LogP contribution in [0.1, 0.15) is 28.9 Å². The number of H-pyrrole nitrogens is 1. The summed E-state index contributed by atoms with van der Waals surface area (Å²) in [7, 11) is 0. The molecule has 8 nitrogen and oxygen atoms in total. The molecular formula is C23H20FN5O3S. The summed E-state index contributed by atoms with van der Waals surface area (Å²) in [6, 6.07) is 12.7. The van der Waals surface area contributed by atoms with Gasteiger partial charge in [0.25, 0.3) is 11.1 Å². The highest BCUT2D eigenvalue weighted by Gasteiger charge is 2.51. The zero-order chi connectivity index (χ0) is 23.2. The quantitative estimate of drug-likeness (QED) is 0.420. The van der Waals surface area contributed by atoms with E-state index in [1.807, 2.05) is 30.3 Å². The summed E-state index contributed by atoms with van der Waals surface area (Å²) < 4.78 is 14.1. The van der Waals surface area contributed by atoms with Crippen LogP contribution >= 0.6 is 12.6 Å². The number of anilines is 3. The lowest BCUT2D eigenvalue weighted by Gasteiger charge is -2.24. The van der Waals surface area contributed by atoms with Gasteiger partial charge in [-0.2, -0.15) is 0 Å². The van der Waals surface area contributed by atoms with Crippen molar-refractivity contribution in [2.75, 3.05) is 17.2 Å². The van der Waals surface area contributed by atoms with Crippen molar-refractivity contribution in [3.05, 3.63) is 59.9 Å². The molecule has 10 heteroatoms. The number of hydrogen-bond donors (Lipinski definition) is 4. The van der Waals surface area contributed by atoms with Crippen molar-refractivity contribution in [2.45, 2.75) is 25.1 Å². The molecule has 1 aromatic carbocycles. The van der Waals surface area contributed by atoms with Crippen molar-refractivity contribution in [2.24, 2.45) is 0 Å². The van der Waals surface area contributed by atoms with E-state index in [1.165, 1.54) is 11.1 Å². The van der Waals surface area contributed by atoms with Gasteiger partial charge < -0.3 is 20.5 Å². The number of amides is 2. The average molecular weight is 466 g/mol. The smallest absolute Gasteiger partial charge is 0.279 e. The maximum atomic E-state index is 14.1. The van der Waals surface area contributed by atoms with E-state index in [9.17, 15) is 18.8 Å². The Morgan fingerprint density at radius 2 is 1.91 bits per heavy atom. The number of aromatic nitrogens is 2. The molecule has 168 valence electrons. The van der Waals surface area contributed by atoms with Crippen LogP contribution in [-0.4, -0.2) is 44.0 Å². The van der Waals surface area contributed by atoms with Gasteiger partial charge in [0.05, 0.1) is 30.0 Å². The average Bonchev–Trinajstić information content (AvgIpc) is 3.45. The Bertz CT molecular complexity index is 1270. The maximum absolute atomic E-state index is 14.1. The van der Waals surface area contributed by atoms with Crippen LogP contribution in [0.2, 0.25) is 0 Å². The molecular weight excluding hydrogens is 445 g/mol. The van der Waals surface area contributed by atoms with Crippen molar-refractivity contribution in [3.63, 3.8) is 0 Å². The number of benzene rings is 1. The standard InChI is InChI=1S/C23H20FN5O3S/c24-23(7-8-23)21(31)28-17-10-13(6-9-25-17)19-20(26-14-4-2-1-3-5-14)18-15(27-19)11-29(22(32)33)12-16(18)30/h1-6,9-10,26-27H,7-8,11-12H2,(H,32,33)(H,25,28,31). The Morgan fingerprint density at radius 3 is 2.61 bits per heavy atom. The van der Waals surface area contributed by atoms with Crippen LogP contribution in [0.5, 0.6) is 0 Å². The van der Waals surface area contributed by atoms with Crippen LogP contribution in [0.25, 0.3) is 11.3 Å². The monoisotopic (exact) mass is 465 g/mol. The summed E-state index contributed by atoms with van der Waals surface area (Å²) in [4.78, 5) is 45.6. The van der Waals surface area contributed by atoms with Crippen LogP contribution in [-0.2, 0) is 11.3 Å². The molecule has 3 aromatic rings. The van der Waals surface area contributed by atoms with Gasteiger partial charge in [0.2, 0.25) is 0 Å². The van der Waals surface area contributed by atoms with Crippen LogP contribution in [0, 0.1) is 0 Å². The number of nitrogens with one attached hydrogen (secondary N) is 3. The molecule has 1 aliphatic heterocycles. The molecule has 0 unspecified atom stereocenters. The van der Waals surface area contributed by atoms with E-state index in [0.717, 1.165) is 5.69 Å². The number of halogens is 1. The molecule has 0 spiro atoms. The van der Waals surface area contributed by atoms with E-state index in [4.69, 9.17) is 0 Å². The summed E-state index contributed by atoms with van der Waals surface area (Å²) in [5, 5.41) is 5.34. The first-order valence-corrected chi connectivity index (χ1v) is 10.8. The predicted octanol–water partition coefficient (Wildman–Crippen LogP) is 4.31. The van der Waals surface area contributed by atoms with Gasteiger partial charge in [-0.3, -0.25) is 14.4 Å². The van der Waals surface area contributed by atoms with Gasteiger partial charge in [0.1, 0.15) is 5.82 Å². The number of ketones is 1. The molecule has 5 rings (SSSR count). The van der Waals surface area contributed by atoms with Crippen molar-refractivity contribution < 1.29 is 18.8 Å².